The van der Waals surface area contributed by atoms with Crippen molar-refractivity contribution in [3.8, 4) is 11.5 Å². The molecule has 3 aromatic rings. The van der Waals surface area contributed by atoms with Crippen molar-refractivity contribution in [3.63, 3.8) is 0 Å². The van der Waals surface area contributed by atoms with Gasteiger partial charge >= 0.3 is 0 Å². The van der Waals surface area contributed by atoms with Crippen molar-refractivity contribution in [2.75, 3.05) is 20.2 Å². The van der Waals surface area contributed by atoms with Crippen LogP contribution in [-0.4, -0.2) is 36.3 Å². The van der Waals surface area contributed by atoms with Crippen molar-refractivity contribution in [1.29, 1.82) is 0 Å². The van der Waals surface area contributed by atoms with Crippen LogP contribution in [-0.2, 0) is 12.8 Å². The number of fused-ring (bicyclic) bond motifs is 4. The normalized spacial score (nSPS) is 22.5. The molecule has 6 nitrogen and oxygen atoms in total. The maximum Gasteiger partial charge on any atom is 0.260 e. The van der Waals surface area contributed by atoms with Crippen LogP contribution in [0, 0.1) is 5.92 Å². The van der Waals surface area contributed by atoms with Gasteiger partial charge in [-0.2, -0.15) is 0 Å². The Balaban J connectivity index is 1.35. The van der Waals surface area contributed by atoms with Gasteiger partial charge in [0, 0.05) is 4.88 Å². The zero-order valence-corrected chi connectivity index (χ0v) is 18.5. The summed E-state index contributed by atoms with van der Waals surface area (Å²) in [6.07, 6.45) is 3.16. The highest BCUT2D eigenvalue weighted by Gasteiger charge is 2.29. The lowest BCUT2D eigenvalue weighted by molar-refractivity contribution is -0.913. The van der Waals surface area contributed by atoms with E-state index in [-0.39, 0.29) is 17.7 Å². The van der Waals surface area contributed by atoms with E-state index in [4.69, 9.17) is 14.5 Å². The largest absolute Gasteiger partial charge is 0.486 e. The molecule has 2 aliphatic rings. The van der Waals surface area contributed by atoms with Gasteiger partial charge in [0.2, 0.25) is 0 Å². The third-order valence-electron chi connectivity index (χ3n) is 6.45. The number of aromatic amines is 1. The number of quaternary nitrogens is 1. The average Bonchev–Trinajstić information content (AvgIpc) is 3.10. The van der Waals surface area contributed by atoms with Crippen molar-refractivity contribution < 1.29 is 14.4 Å². The molecule has 0 spiro atoms. The van der Waals surface area contributed by atoms with E-state index < -0.39 is 0 Å². The van der Waals surface area contributed by atoms with Crippen LogP contribution in [0.2, 0.25) is 0 Å². The SMILES string of the molecule is C[C@@H]1CCc2c(sc3nc([C@@H](C)[NH+](C)C[C@@H]4COc5ccccc5O4)[nH]c(=O)c23)C1. The topological polar surface area (TPSA) is 68.7 Å². The zero-order valence-electron chi connectivity index (χ0n) is 17.7. The van der Waals surface area contributed by atoms with Crippen LogP contribution in [0.5, 0.6) is 11.5 Å². The maximum atomic E-state index is 12.9. The van der Waals surface area contributed by atoms with Gasteiger partial charge in [-0.05, 0) is 49.8 Å². The second kappa shape index (κ2) is 7.71. The number of H-pyrrole nitrogens is 1. The van der Waals surface area contributed by atoms with Crippen molar-refractivity contribution in [2.24, 2.45) is 5.92 Å². The predicted molar refractivity (Wildman–Crippen MR) is 118 cm³/mol. The van der Waals surface area contributed by atoms with Gasteiger partial charge in [-0.3, -0.25) is 4.79 Å². The van der Waals surface area contributed by atoms with Crippen LogP contribution in [0.3, 0.4) is 0 Å². The Labute approximate surface area is 179 Å². The predicted octanol–water partition coefficient (Wildman–Crippen LogP) is 2.53. The van der Waals surface area contributed by atoms with E-state index in [1.54, 1.807) is 11.3 Å². The number of aromatic nitrogens is 2. The average molecular weight is 427 g/mol. The molecule has 7 heteroatoms. The molecule has 0 radical (unpaired) electrons. The number of likely N-dealkylation sites (N-methyl/N-ethyl adjacent to an activating group) is 1. The molecule has 0 saturated carbocycles. The van der Waals surface area contributed by atoms with Gasteiger partial charge in [-0.15, -0.1) is 11.3 Å². The van der Waals surface area contributed by atoms with E-state index in [2.05, 4.69) is 25.9 Å². The molecule has 1 aromatic carbocycles. The number of aryl methyl sites for hydroxylation is 1. The zero-order chi connectivity index (χ0) is 20.8. The van der Waals surface area contributed by atoms with Gasteiger partial charge in [-0.1, -0.05) is 19.1 Å². The fraction of sp³-hybridized carbons (Fsp3) is 0.478. The Hall–Kier alpha value is -2.38. The van der Waals surface area contributed by atoms with E-state index in [0.29, 0.717) is 12.5 Å². The second-order valence-corrected chi connectivity index (χ2v) is 9.84. The number of hydrogen-bond donors (Lipinski definition) is 2. The molecule has 30 heavy (non-hydrogen) atoms. The van der Waals surface area contributed by atoms with Gasteiger partial charge in [0.25, 0.3) is 5.56 Å². The molecule has 5 rings (SSSR count). The Morgan fingerprint density at radius 2 is 2.13 bits per heavy atom. The summed E-state index contributed by atoms with van der Waals surface area (Å²) >= 11 is 1.70. The Kier molecular flexibility index (Phi) is 5.03. The van der Waals surface area contributed by atoms with Gasteiger partial charge in [0.05, 0.1) is 12.4 Å². The van der Waals surface area contributed by atoms with Crippen molar-refractivity contribution in [1.82, 2.24) is 9.97 Å². The van der Waals surface area contributed by atoms with E-state index in [1.807, 2.05) is 24.3 Å². The third-order valence-corrected chi connectivity index (χ3v) is 7.60. The summed E-state index contributed by atoms with van der Waals surface area (Å²) in [4.78, 5) is 24.3. The molecule has 2 N–H and O–H groups in total. The van der Waals surface area contributed by atoms with Crippen molar-refractivity contribution in [3.05, 3.63) is 50.9 Å². The first-order valence-electron chi connectivity index (χ1n) is 10.7. The highest BCUT2D eigenvalue weighted by Crippen LogP contribution is 2.35. The van der Waals surface area contributed by atoms with Crippen LogP contribution >= 0.6 is 11.3 Å². The highest BCUT2D eigenvalue weighted by molar-refractivity contribution is 7.18. The number of rotatable bonds is 4. The maximum absolute atomic E-state index is 12.9. The Bertz CT molecular complexity index is 1140. The van der Waals surface area contributed by atoms with Crippen LogP contribution in [0.1, 0.15) is 42.6 Å². The first kappa shape index (κ1) is 19.6. The summed E-state index contributed by atoms with van der Waals surface area (Å²) in [6.45, 7) is 5.68. The Morgan fingerprint density at radius 1 is 1.33 bits per heavy atom. The number of benzene rings is 1. The molecule has 4 atom stereocenters. The van der Waals surface area contributed by atoms with Gasteiger partial charge in [0.15, 0.2) is 23.4 Å². The highest BCUT2D eigenvalue weighted by atomic mass is 32.1. The molecule has 1 unspecified atom stereocenters. The second-order valence-electron chi connectivity index (χ2n) is 8.75. The van der Waals surface area contributed by atoms with E-state index in [0.717, 1.165) is 53.3 Å². The summed E-state index contributed by atoms with van der Waals surface area (Å²) in [6, 6.07) is 7.81. The van der Waals surface area contributed by atoms with Gasteiger partial charge < -0.3 is 19.4 Å². The van der Waals surface area contributed by atoms with E-state index in [9.17, 15) is 4.79 Å². The summed E-state index contributed by atoms with van der Waals surface area (Å²) in [5.74, 6) is 3.02. The van der Waals surface area contributed by atoms with Crippen molar-refractivity contribution >= 4 is 21.6 Å². The summed E-state index contributed by atoms with van der Waals surface area (Å²) in [7, 11) is 2.11. The fourth-order valence-electron chi connectivity index (χ4n) is 4.50. The number of ether oxygens (including phenoxy) is 2. The number of nitrogens with one attached hydrogen (secondary N) is 2. The fourth-order valence-corrected chi connectivity index (χ4v) is 5.89. The molecule has 0 bridgehead atoms. The number of nitrogens with zero attached hydrogens (tertiary/aromatic N) is 1. The van der Waals surface area contributed by atoms with Crippen LogP contribution in [0.4, 0.5) is 0 Å². The first-order valence-corrected chi connectivity index (χ1v) is 11.6. The lowest BCUT2D eigenvalue weighted by Crippen LogP contribution is -3.10. The molecule has 158 valence electrons. The molecule has 1 aliphatic heterocycles. The van der Waals surface area contributed by atoms with Crippen LogP contribution < -0.4 is 19.9 Å². The smallest absolute Gasteiger partial charge is 0.260 e. The number of thiophene rings is 1. The molecule has 0 fully saturated rings. The molecular weight excluding hydrogens is 398 g/mol. The molecule has 3 heterocycles. The summed E-state index contributed by atoms with van der Waals surface area (Å²) in [5.41, 5.74) is 1.24. The van der Waals surface area contributed by atoms with Crippen molar-refractivity contribution in [2.45, 2.75) is 45.3 Å². The van der Waals surface area contributed by atoms with Crippen LogP contribution in [0.15, 0.2) is 29.1 Å². The monoisotopic (exact) mass is 426 g/mol. The van der Waals surface area contributed by atoms with Gasteiger partial charge in [0.1, 0.15) is 24.0 Å². The Morgan fingerprint density at radius 3 is 2.97 bits per heavy atom. The van der Waals surface area contributed by atoms with Crippen LogP contribution in [0.25, 0.3) is 10.2 Å². The number of hydrogen-bond acceptors (Lipinski definition) is 5. The first-order chi connectivity index (χ1) is 14.5. The van der Waals surface area contributed by atoms with E-state index in [1.165, 1.54) is 15.3 Å². The third kappa shape index (κ3) is 3.50. The quantitative estimate of drug-likeness (QED) is 0.673. The standard InChI is InChI=1S/C23H27N3O3S/c1-13-8-9-16-19(10-13)30-23-20(16)22(27)24-21(25-23)14(2)26(3)11-15-12-28-17-6-4-5-7-18(17)29-15/h4-7,13-15H,8-12H2,1-3H3,(H,24,25,27)/p+1/t13-,14-,15-/m1/s1. The minimum Gasteiger partial charge on any atom is -0.486 e. The van der Waals surface area contributed by atoms with Gasteiger partial charge in [-0.25, -0.2) is 4.98 Å². The number of para-hydroxylation sites is 2. The molecular formula is C23H28N3O3S+. The van der Waals surface area contributed by atoms with E-state index >= 15 is 0 Å². The summed E-state index contributed by atoms with van der Waals surface area (Å²) in [5, 5.41) is 0.816. The lowest BCUT2D eigenvalue weighted by atomic mass is 9.89. The summed E-state index contributed by atoms with van der Waals surface area (Å²) < 4.78 is 12.0. The molecule has 2 aromatic heterocycles. The molecule has 0 amide bonds. The minimum atomic E-state index is -0.0339. The molecule has 0 saturated heterocycles. The molecule has 1 aliphatic carbocycles. The lowest BCUT2D eigenvalue weighted by Gasteiger charge is -2.29. The minimum absolute atomic E-state index is 0.00730.